The zero-order valence-electron chi connectivity index (χ0n) is 11.3. The zero-order valence-corrected chi connectivity index (χ0v) is 13.7. The van der Waals surface area contributed by atoms with E-state index in [-0.39, 0.29) is 0 Å². The van der Waals surface area contributed by atoms with Gasteiger partial charge >= 0.3 is 0 Å². The van der Waals surface area contributed by atoms with Crippen molar-refractivity contribution < 1.29 is 0 Å². The lowest BCUT2D eigenvalue weighted by Crippen LogP contribution is -2.45. The van der Waals surface area contributed by atoms with Crippen LogP contribution >= 0.6 is 27.3 Å². The monoisotopic (exact) mass is 330 g/mol. The van der Waals surface area contributed by atoms with Gasteiger partial charge in [0.2, 0.25) is 0 Å². The van der Waals surface area contributed by atoms with Crippen LogP contribution in [-0.4, -0.2) is 31.1 Å². The van der Waals surface area contributed by atoms with E-state index < -0.39 is 0 Å². The molecule has 2 nitrogen and oxygen atoms in total. The number of rotatable bonds is 5. The van der Waals surface area contributed by atoms with Crippen LogP contribution in [0.25, 0.3) is 0 Å². The van der Waals surface area contributed by atoms with Crippen LogP contribution in [0.2, 0.25) is 0 Å². The Balaban J connectivity index is 2.06. The maximum absolute atomic E-state index is 3.58. The number of hydrogen-bond acceptors (Lipinski definition) is 3. The van der Waals surface area contributed by atoms with E-state index in [1.165, 1.54) is 35.3 Å². The Morgan fingerprint density at radius 2 is 2.06 bits per heavy atom. The summed E-state index contributed by atoms with van der Waals surface area (Å²) in [6, 6.07) is 2.92. The Labute approximate surface area is 123 Å². The summed E-state index contributed by atoms with van der Waals surface area (Å²) in [5.41, 5.74) is 0. The zero-order chi connectivity index (χ0) is 13.0. The molecular formula is C14H23BrN2S. The van der Waals surface area contributed by atoms with Crippen LogP contribution in [0.5, 0.6) is 0 Å². The van der Waals surface area contributed by atoms with Crippen molar-refractivity contribution in [3.63, 3.8) is 0 Å². The van der Waals surface area contributed by atoms with Crippen molar-refractivity contribution in [1.29, 1.82) is 0 Å². The number of nitrogens with one attached hydrogen (secondary N) is 1. The number of thiophene rings is 1. The summed E-state index contributed by atoms with van der Waals surface area (Å²) in [6.45, 7) is 9.25. The summed E-state index contributed by atoms with van der Waals surface area (Å²) in [5.74, 6) is 0.791. The van der Waals surface area contributed by atoms with E-state index in [0.29, 0.717) is 6.04 Å². The molecule has 1 aromatic heterocycles. The third-order valence-corrected chi connectivity index (χ3v) is 5.32. The summed E-state index contributed by atoms with van der Waals surface area (Å²) in [6.07, 6.45) is 2.59. The fourth-order valence-electron chi connectivity index (χ4n) is 2.49. The van der Waals surface area contributed by atoms with E-state index in [1.807, 2.05) is 11.3 Å². The van der Waals surface area contributed by atoms with Crippen molar-refractivity contribution in [3.8, 4) is 0 Å². The summed E-state index contributed by atoms with van der Waals surface area (Å²) in [7, 11) is 0. The molecule has 0 saturated carbocycles. The molecule has 0 radical (unpaired) electrons. The normalized spacial score (nSPS) is 19.3. The van der Waals surface area contributed by atoms with E-state index >= 15 is 0 Å². The van der Waals surface area contributed by atoms with Crippen molar-refractivity contribution >= 4 is 27.3 Å². The highest BCUT2D eigenvalue weighted by Crippen LogP contribution is 2.33. The van der Waals surface area contributed by atoms with E-state index in [9.17, 15) is 0 Å². The van der Waals surface area contributed by atoms with Gasteiger partial charge in [0, 0.05) is 47.0 Å². The highest BCUT2D eigenvalue weighted by molar-refractivity contribution is 9.10. The first-order valence-electron chi connectivity index (χ1n) is 6.85. The molecule has 0 bridgehead atoms. The van der Waals surface area contributed by atoms with Crippen molar-refractivity contribution in [2.75, 3.05) is 26.2 Å². The van der Waals surface area contributed by atoms with E-state index in [1.54, 1.807) is 0 Å². The number of hydrogen-bond donors (Lipinski definition) is 1. The second-order valence-electron chi connectivity index (χ2n) is 5.44. The fourth-order valence-corrected chi connectivity index (χ4v) is 4.11. The Hall–Kier alpha value is 0.1000. The molecule has 1 aliphatic rings. The summed E-state index contributed by atoms with van der Waals surface area (Å²) < 4.78 is 1.23. The second kappa shape index (κ2) is 7.04. The molecule has 2 heterocycles. The van der Waals surface area contributed by atoms with Crippen LogP contribution in [0, 0.1) is 5.92 Å². The Bertz CT molecular complexity index is 358. The topological polar surface area (TPSA) is 15.3 Å². The first kappa shape index (κ1) is 14.5. The molecule has 0 aliphatic carbocycles. The van der Waals surface area contributed by atoms with Gasteiger partial charge in [0.1, 0.15) is 0 Å². The van der Waals surface area contributed by atoms with Gasteiger partial charge in [-0.25, -0.2) is 0 Å². The molecule has 0 aromatic carbocycles. The minimum Gasteiger partial charge on any atom is -0.314 e. The van der Waals surface area contributed by atoms with Gasteiger partial charge in [-0.2, -0.15) is 0 Å². The number of piperazine rings is 1. The van der Waals surface area contributed by atoms with Gasteiger partial charge in [-0.3, -0.25) is 4.90 Å². The second-order valence-corrected chi connectivity index (χ2v) is 7.30. The SMILES string of the molecule is CC(C)CC[C@@H](c1cc(Br)cs1)N1CCNCC1. The maximum Gasteiger partial charge on any atom is 0.0443 e. The number of nitrogens with zero attached hydrogens (tertiary/aromatic N) is 1. The largest absolute Gasteiger partial charge is 0.314 e. The molecular weight excluding hydrogens is 308 g/mol. The Kier molecular flexibility index (Phi) is 5.67. The smallest absolute Gasteiger partial charge is 0.0443 e. The van der Waals surface area contributed by atoms with Gasteiger partial charge in [0.25, 0.3) is 0 Å². The first-order valence-corrected chi connectivity index (χ1v) is 8.53. The average Bonchev–Trinajstić information content (AvgIpc) is 2.77. The van der Waals surface area contributed by atoms with Crippen LogP contribution in [0.4, 0.5) is 0 Å². The molecule has 0 amide bonds. The molecule has 102 valence electrons. The molecule has 4 heteroatoms. The first-order chi connectivity index (χ1) is 8.66. The van der Waals surface area contributed by atoms with Gasteiger partial charge in [-0.1, -0.05) is 13.8 Å². The molecule has 1 N–H and O–H groups in total. The van der Waals surface area contributed by atoms with Crippen LogP contribution in [0.15, 0.2) is 15.9 Å². The predicted molar refractivity (Wildman–Crippen MR) is 83.3 cm³/mol. The quantitative estimate of drug-likeness (QED) is 0.880. The van der Waals surface area contributed by atoms with Crippen LogP contribution in [-0.2, 0) is 0 Å². The van der Waals surface area contributed by atoms with Crippen molar-refractivity contribution in [2.45, 2.75) is 32.7 Å². The molecule has 1 saturated heterocycles. The molecule has 1 atom stereocenters. The highest BCUT2D eigenvalue weighted by Gasteiger charge is 2.23. The van der Waals surface area contributed by atoms with Gasteiger partial charge in [0.05, 0.1) is 0 Å². The summed E-state index contributed by atoms with van der Waals surface area (Å²) in [5, 5.41) is 5.65. The highest BCUT2D eigenvalue weighted by atomic mass is 79.9. The number of halogens is 1. The van der Waals surface area contributed by atoms with E-state index in [4.69, 9.17) is 0 Å². The fraction of sp³-hybridized carbons (Fsp3) is 0.714. The molecule has 2 rings (SSSR count). The summed E-state index contributed by atoms with van der Waals surface area (Å²) >= 11 is 5.48. The minimum atomic E-state index is 0.616. The molecule has 0 unspecified atom stereocenters. The molecule has 1 aliphatic heterocycles. The Morgan fingerprint density at radius 3 is 2.61 bits per heavy atom. The van der Waals surface area contributed by atoms with Gasteiger partial charge in [-0.05, 0) is 40.8 Å². The lowest BCUT2D eigenvalue weighted by atomic mass is 10.0. The Morgan fingerprint density at radius 1 is 1.33 bits per heavy atom. The summed E-state index contributed by atoms with van der Waals surface area (Å²) in [4.78, 5) is 4.17. The van der Waals surface area contributed by atoms with Crippen molar-refractivity contribution in [2.24, 2.45) is 5.92 Å². The third-order valence-electron chi connectivity index (χ3n) is 3.53. The molecule has 0 spiro atoms. The van der Waals surface area contributed by atoms with Crippen molar-refractivity contribution in [1.82, 2.24) is 10.2 Å². The lowest BCUT2D eigenvalue weighted by Gasteiger charge is -2.34. The van der Waals surface area contributed by atoms with E-state index in [2.05, 4.69) is 51.4 Å². The average molecular weight is 331 g/mol. The predicted octanol–water partition coefficient (Wildman–Crippen LogP) is 3.89. The van der Waals surface area contributed by atoms with Crippen LogP contribution in [0.3, 0.4) is 0 Å². The standard InChI is InChI=1S/C14H23BrN2S/c1-11(2)3-4-13(14-9-12(15)10-18-14)17-7-5-16-6-8-17/h9-11,13,16H,3-8H2,1-2H3/t13-/m0/s1. The lowest BCUT2D eigenvalue weighted by molar-refractivity contribution is 0.162. The van der Waals surface area contributed by atoms with E-state index in [0.717, 1.165) is 19.0 Å². The third kappa shape index (κ3) is 4.05. The van der Waals surface area contributed by atoms with Crippen LogP contribution < -0.4 is 5.32 Å². The van der Waals surface area contributed by atoms with Gasteiger partial charge in [-0.15, -0.1) is 11.3 Å². The van der Waals surface area contributed by atoms with Gasteiger partial charge in [0.15, 0.2) is 0 Å². The maximum atomic E-state index is 3.58. The molecule has 1 fully saturated rings. The minimum absolute atomic E-state index is 0.616. The molecule has 18 heavy (non-hydrogen) atoms. The van der Waals surface area contributed by atoms with Crippen molar-refractivity contribution in [3.05, 3.63) is 20.8 Å². The van der Waals surface area contributed by atoms with Gasteiger partial charge < -0.3 is 5.32 Å². The molecule has 1 aromatic rings. The van der Waals surface area contributed by atoms with Crippen LogP contribution in [0.1, 0.15) is 37.6 Å².